The molecule has 4 nitrogen and oxygen atoms in total. The molecule has 1 heterocycles. The van der Waals surface area contributed by atoms with Gasteiger partial charge in [-0.05, 0) is 31.5 Å². The van der Waals surface area contributed by atoms with Crippen molar-refractivity contribution in [3.05, 3.63) is 75.1 Å². The Labute approximate surface area is 126 Å². The van der Waals surface area contributed by atoms with Crippen LogP contribution in [0.15, 0.2) is 51.7 Å². The Morgan fingerprint density at radius 2 is 1.73 bits per heavy atom. The molecule has 0 saturated carbocycles. The number of ketones is 1. The number of aryl methyl sites for hydroxylation is 2. The van der Waals surface area contributed by atoms with Crippen LogP contribution >= 0.6 is 0 Å². The molecular formula is C18H14O4. The zero-order chi connectivity index (χ0) is 15.9. The second-order valence-corrected chi connectivity index (χ2v) is 5.28. The summed E-state index contributed by atoms with van der Waals surface area (Å²) in [5, 5.41) is 10.7. The molecule has 0 radical (unpaired) electrons. The standard InChI is InChI=1S/C18H14O4/c1-10-3-5-12(6-4-10)17(21)16-14(19)8-7-13-11(2)9-15(20)22-18(13)16/h3-9,19H,1-2H3. The fraction of sp³-hybridized carbons (Fsp3) is 0.111. The number of hydrogen-bond donors (Lipinski definition) is 1. The Morgan fingerprint density at radius 1 is 1.05 bits per heavy atom. The predicted molar refractivity (Wildman–Crippen MR) is 83.5 cm³/mol. The summed E-state index contributed by atoms with van der Waals surface area (Å²) in [6.45, 7) is 3.68. The molecule has 2 aromatic carbocycles. The third-order valence-electron chi connectivity index (χ3n) is 3.64. The number of aromatic hydroxyl groups is 1. The maximum absolute atomic E-state index is 12.7. The van der Waals surface area contributed by atoms with E-state index in [1.165, 1.54) is 12.1 Å². The number of carbonyl (C=O) groups is 1. The van der Waals surface area contributed by atoms with Crippen LogP contribution in [0.3, 0.4) is 0 Å². The normalized spacial score (nSPS) is 10.8. The van der Waals surface area contributed by atoms with Crippen molar-refractivity contribution in [3.8, 4) is 5.75 Å². The summed E-state index contributed by atoms with van der Waals surface area (Å²) in [6, 6.07) is 11.4. The predicted octanol–water partition coefficient (Wildman–Crippen LogP) is 3.35. The highest BCUT2D eigenvalue weighted by Gasteiger charge is 2.20. The van der Waals surface area contributed by atoms with Crippen molar-refractivity contribution in [1.82, 2.24) is 0 Å². The number of carbonyl (C=O) groups excluding carboxylic acids is 1. The van der Waals surface area contributed by atoms with Crippen LogP contribution in [0, 0.1) is 13.8 Å². The van der Waals surface area contributed by atoms with Gasteiger partial charge in [0.05, 0.1) is 0 Å². The molecule has 0 amide bonds. The zero-order valence-electron chi connectivity index (χ0n) is 12.2. The third-order valence-corrected chi connectivity index (χ3v) is 3.64. The average Bonchev–Trinajstić information content (AvgIpc) is 2.47. The number of hydrogen-bond acceptors (Lipinski definition) is 4. The average molecular weight is 294 g/mol. The van der Waals surface area contributed by atoms with Crippen molar-refractivity contribution in [1.29, 1.82) is 0 Å². The minimum atomic E-state index is -0.548. The van der Waals surface area contributed by atoms with Crippen molar-refractivity contribution in [2.45, 2.75) is 13.8 Å². The minimum absolute atomic E-state index is 0.0159. The molecule has 0 unspecified atom stereocenters. The van der Waals surface area contributed by atoms with E-state index in [9.17, 15) is 14.7 Å². The molecule has 0 aliphatic carbocycles. The van der Waals surface area contributed by atoms with Gasteiger partial charge in [0.25, 0.3) is 0 Å². The number of rotatable bonds is 2. The maximum atomic E-state index is 12.7. The van der Waals surface area contributed by atoms with Crippen LogP contribution in [-0.4, -0.2) is 10.9 Å². The molecule has 0 aliphatic heterocycles. The highest BCUT2D eigenvalue weighted by Crippen LogP contribution is 2.30. The van der Waals surface area contributed by atoms with Gasteiger partial charge < -0.3 is 9.52 Å². The highest BCUT2D eigenvalue weighted by atomic mass is 16.4. The highest BCUT2D eigenvalue weighted by molar-refractivity contribution is 6.17. The zero-order valence-corrected chi connectivity index (χ0v) is 12.2. The van der Waals surface area contributed by atoms with Crippen LogP contribution in [-0.2, 0) is 0 Å². The van der Waals surface area contributed by atoms with E-state index in [2.05, 4.69) is 0 Å². The molecule has 110 valence electrons. The van der Waals surface area contributed by atoms with E-state index < -0.39 is 5.63 Å². The second-order valence-electron chi connectivity index (χ2n) is 5.28. The van der Waals surface area contributed by atoms with E-state index in [-0.39, 0.29) is 22.7 Å². The van der Waals surface area contributed by atoms with E-state index in [1.807, 2.05) is 19.1 Å². The molecule has 4 heteroatoms. The monoisotopic (exact) mass is 294 g/mol. The van der Waals surface area contributed by atoms with Gasteiger partial charge in [0.2, 0.25) is 5.78 Å². The van der Waals surface area contributed by atoms with E-state index in [1.54, 1.807) is 25.1 Å². The molecule has 0 saturated heterocycles. The van der Waals surface area contributed by atoms with Gasteiger partial charge in [-0.25, -0.2) is 4.79 Å². The van der Waals surface area contributed by atoms with Crippen LogP contribution in [0.2, 0.25) is 0 Å². The summed E-state index contributed by atoms with van der Waals surface area (Å²) in [5.74, 6) is -0.580. The first-order valence-corrected chi connectivity index (χ1v) is 6.85. The Morgan fingerprint density at radius 3 is 2.41 bits per heavy atom. The fourth-order valence-electron chi connectivity index (χ4n) is 2.44. The van der Waals surface area contributed by atoms with Gasteiger partial charge in [0, 0.05) is 17.0 Å². The summed E-state index contributed by atoms with van der Waals surface area (Å²) in [6.07, 6.45) is 0. The lowest BCUT2D eigenvalue weighted by atomic mass is 9.98. The first-order chi connectivity index (χ1) is 10.5. The topological polar surface area (TPSA) is 67.5 Å². The van der Waals surface area contributed by atoms with Crippen molar-refractivity contribution in [3.63, 3.8) is 0 Å². The third kappa shape index (κ3) is 2.29. The molecule has 0 fully saturated rings. The quantitative estimate of drug-likeness (QED) is 0.581. The van der Waals surface area contributed by atoms with Gasteiger partial charge in [0.15, 0.2) is 5.58 Å². The lowest BCUT2D eigenvalue weighted by Crippen LogP contribution is -2.06. The van der Waals surface area contributed by atoms with Gasteiger partial charge in [-0.2, -0.15) is 0 Å². The van der Waals surface area contributed by atoms with Crippen LogP contribution in [0.4, 0.5) is 0 Å². The smallest absolute Gasteiger partial charge is 0.336 e. The molecular weight excluding hydrogens is 280 g/mol. The summed E-state index contributed by atoms with van der Waals surface area (Å²) in [5.41, 5.74) is 1.74. The van der Waals surface area contributed by atoms with Crippen LogP contribution in [0.25, 0.3) is 11.0 Å². The maximum Gasteiger partial charge on any atom is 0.336 e. The lowest BCUT2D eigenvalue weighted by molar-refractivity contribution is 0.103. The summed E-state index contributed by atoms with van der Waals surface area (Å²) in [7, 11) is 0. The largest absolute Gasteiger partial charge is 0.507 e. The molecule has 3 rings (SSSR count). The van der Waals surface area contributed by atoms with E-state index in [0.29, 0.717) is 16.5 Å². The van der Waals surface area contributed by atoms with Crippen molar-refractivity contribution >= 4 is 16.8 Å². The van der Waals surface area contributed by atoms with Crippen molar-refractivity contribution in [2.75, 3.05) is 0 Å². The second kappa shape index (κ2) is 5.15. The first kappa shape index (κ1) is 14.1. The Hall–Kier alpha value is -2.88. The van der Waals surface area contributed by atoms with E-state index in [4.69, 9.17) is 4.42 Å². The van der Waals surface area contributed by atoms with Crippen LogP contribution in [0.5, 0.6) is 5.75 Å². The minimum Gasteiger partial charge on any atom is -0.507 e. The van der Waals surface area contributed by atoms with E-state index >= 15 is 0 Å². The number of benzene rings is 2. The Bertz CT molecular complexity index is 934. The van der Waals surface area contributed by atoms with Gasteiger partial charge in [-0.1, -0.05) is 29.8 Å². The molecule has 0 bridgehead atoms. The van der Waals surface area contributed by atoms with Crippen molar-refractivity contribution in [2.24, 2.45) is 0 Å². The Kier molecular flexibility index (Phi) is 3.29. The molecule has 3 aromatic rings. The van der Waals surface area contributed by atoms with Gasteiger partial charge in [0.1, 0.15) is 11.3 Å². The van der Waals surface area contributed by atoms with E-state index in [0.717, 1.165) is 5.56 Å². The fourth-order valence-corrected chi connectivity index (χ4v) is 2.44. The van der Waals surface area contributed by atoms with Gasteiger partial charge >= 0.3 is 5.63 Å². The Balaban J connectivity index is 2.30. The van der Waals surface area contributed by atoms with Crippen LogP contribution < -0.4 is 5.63 Å². The summed E-state index contributed by atoms with van der Waals surface area (Å²) < 4.78 is 5.18. The molecule has 22 heavy (non-hydrogen) atoms. The number of phenols is 1. The SMILES string of the molecule is Cc1ccc(C(=O)c2c(O)ccc3c(C)cc(=O)oc23)cc1. The van der Waals surface area contributed by atoms with Gasteiger partial charge in [-0.3, -0.25) is 4.79 Å². The van der Waals surface area contributed by atoms with Gasteiger partial charge in [-0.15, -0.1) is 0 Å². The molecule has 0 atom stereocenters. The van der Waals surface area contributed by atoms with Crippen LogP contribution in [0.1, 0.15) is 27.0 Å². The summed E-state index contributed by atoms with van der Waals surface area (Å²) in [4.78, 5) is 24.3. The number of fused-ring (bicyclic) bond motifs is 1. The number of phenolic OH excluding ortho intramolecular Hbond substituents is 1. The lowest BCUT2D eigenvalue weighted by Gasteiger charge is -2.08. The molecule has 1 N–H and O–H groups in total. The summed E-state index contributed by atoms with van der Waals surface area (Å²) >= 11 is 0. The molecule has 1 aromatic heterocycles. The molecule has 0 spiro atoms. The van der Waals surface area contributed by atoms with Crippen molar-refractivity contribution < 1.29 is 14.3 Å². The first-order valence-electron chi connectivity index (χ1n) is 6.85. The molecule has 0 aliphatic rings.